The zero-order chi connectivity index (χ0) is 22.3. The van der Waals surface area contributed by atoms with Crippen LogP contribution in [0.2, 0.25) is 0 Å². The molecule has 3 aromatic rings. The molecule has 0 spiro atoms. The van der Waals surface area contributed by atoms with Crippen LogP contribution in [-0.4, -0.2) is 17.2 Å². The standard InChI is InChI=1S/C27H24N2O2P/c1-2-26(28-20-21-11-9-12-22(19-21)29(30)31)25-17-10-18-27(25)32(23-13-5-3-6-14-23)24-15-7-4-8-16-24/h3-20,26H,2H2,1H3/t26-/m1/s1. The summed E-state index contributed by atoms with van der Waals surface area (Å²) in [4.78, 5) is 15.6. The first-order chi connectivity index (χ1) is 15.7. The third-order valence-corrected chi connectivity index (χ3v) is 7.84. The number of hydrogen-bond acceptors (Lipinski definition) is 3. The highest BCUT2D eigenvalue weighted by Gasteiger charge is 2.40. The van der Waals surface area contributed by atoms with E-state index in [1.54, 1.807) is 18.3 Å². The van der Waals surface area contributed by atoms with Gasteiger partial charge in [-0.3, -0.25) is 15.1 Å². The molecule has 0 saturated heterocycles. The Labute approximate surface area is 191 Å². The topological polar surface area (TPSA) is 55.5 Å². The van der Waals surface area contributed by atoms with E-state index in [0.717, 1.165) is 12.0 Å². The minimum Gasteiger partial charge on any atom is -0.289 e. The second kappa shape index (κ2) is 10.7. The van der Waals surface area contributed by atoms with Crippen LogP contribution in [0.4, 0.5) is 5.69 Å². The fourth-order valence-electron chi connectivity index (χ4n) is 3.79. The molecular weight excluding hydrogens is 415 g/mol. The average molecular weight is 439 g/mol. The molecule has 1 aliphatic rings. The van der Waals surface area contributed by atoms with Crippen molar-refractivity contribution in [2.45, 2.75) is 19.4 Å². The second-order valence-corrected chi connectivity index (χ2v) is 9.61. The molecule has 32 heavy (non-hydrogen) atoms. The highest BCUT2D eigenvalue weighted by atomic mass is 31.1. The lowest BCUT2D eigenvalue weighted by atomic mass is 9.96. The maximum absolute atomic E-state index is 11.1. The number of non-ortho nitro benzene ring substituents is 1. The molecule has 1 atom stereocenters. The van der Waals surface area contributed by atoms with Gasteiger partial charge in [0.1, 0.15) is 0 Å². The summed E-state index contributed by atoms with van der Waals surface area (Å²) in [6.45, 7) is 2.12. The van der Waals surface area contributed by atoms with E-state index in [0.29, 0.717) is 0 Å². The van der Waals surface area contributed by atoms with E-state index >= 15 is 0 Å². The van der Waals surface area contributed by atoms with Crippen LogP contribution >= 0.6 is 7.92 Å². The number of nitro groups is 1. The van der Waals surface area contributed by atoms with Crippen molar-refractivity contribution >= 4 is 30.4 Å². The van der Waals surface area contributed by atoms with Gasteiger partial charge in [-0.25, -0.2) is 0 Å². The smallest absolute Gasteiger partial charge is 0.270 e. The zero-order valence-electron chi connectivity index (χ0n) is 17.8. The molecule has 1 aliphatic carbocycles. The van der Waals surface area contributed by atoms with Gasteiger partial charge in [-0.15, -0.1) is 0 Å². The van der Waals surface area contributed by atoms with Crippen LogP contribution < -0.4 is 10.6 Å². The summed E-state index contributed by atoms with van der Waals surface area (Å²) in [5, 5.41) is 13.7. The van der Waals surface area contributed by atoms with Gasteiger partial charge in [0, 0.05) is 29.9 Å². The summed E-state index contributed by atoms with van der Waals surface area (Å²) in [5.41, 5.74) is 2.12. The average Bonchev–Trinajstić information content (AvgIpc) is 3.30. The molecule has 4 rings (SSSR count). The van der Waals surface area contributed by atoms with Crippen molar-refractivity contribution in [2.75, 3.05) is 0 Å². The van der Waals surface area contributed by atoms with Gasteiger partial charge in [0.25, 0.3) is 5.69 Å². The maximum atomic E-state index is 11.1. The predicted molar refractivity (Wildman–Crippen MR) is 133 cm³/mol. The molecule has 0 aliphatic heterocycles. The van der Waals surface area contributed by atoms with Crippen LogP contribution in [0.5, 0.6) is 0 Å². The van der Waals surface area contributed by atoms with Gasteiger partial charge in [-0.05, 0) is 49.8 Å². The minimum absolute atomic E-state index is 0.0170. The monoisotopic (exact) mass is 439 g/mol. The van der Waals surface area contributed by atoms with Crippen LogP contribution in [0.15, 0.2) is 89.9 Å². The van der Waals surface area contributed by atoms with Crippen molar-refractivity contribution in [3.63, 3.8) is 0 Å². The summed E-state index contributed by atoms with van der Waals surface area (Å²) in [6.07, 6.45) is 9.08. The van der Waals surface area contributed by atoms with Gasteiger partial charge in [-0.1, -0.05) is 79.7 Å². The molecule has 4 nitrogen and oxygen atoms in total. The molecule has 0 heterocycles. The van der Waals surface area contributed by atoms with E-state index in [9.17, 15) is 10.1 Å². The van der Waals surface area contributed by atoms with Gasteiger partial charge in [0.15, 0.2) is 0 Å². The number of nitrogens with zero attached hydrogens (tertiary/aromatic N) is 2. The summed E-state index contributed by atoms with van der Waals surface area (Å²) in [5.74, 6) is 1.22. The SMILES string of the molecule is CC[C@@H](N=Cc1cccc([N+](=O)[O-])c1)[C]1[CH][CH][CH][C]1P(c1ccccc1)c1ccccc1. The van der Waals surface area contributed by atoms with Crippen molar-refractivity contribution in [1.29, 1.82) is 0 Å². The summed E-state index contributed by atoms with van der Waals surface area (Å²) < 4.78 is 0. The molecule has 0 bridgehead atoms. The van der Waals surface area contributed by atoms with E-state index in [4.69, 9.17) is 4.99 Å². The first-order valence-electron chi connectivity index (χ1n) is 10.6. The number of hydrogen-bond donors (Lipinski definition) is 0. The summed E-state index contributed by atoms with van der Waals surface area (Å²) >= 11 is 0. The quantitative estimate of drug-likeness (QED) is 0.197. The molecule has 0 unspecified atom stereocenters. The van der Waals surface area contributed by atoms with Gasteiger partial charge in [-0.2, -0.15) is 0 Å². The van der Waals surface area contributed by atoms with Crippen molar-refractivity contribution < 1.29 is 4.92 Å². The van der Waals surface area contributed by atoms with Gasteiger partial charge < -0.3 is 0 Å². The summed E-state index contributed by atoms with van der Waals surface area (Å²) in [6, 6.07) is 27.8. The van der Waals surface area contributed by atoms with Crippen molar-refractivity contribution in [3.05, 3.63) is 131 Å². The molecule has 159 valence electrons. The van der Waals surface area contributed by atoms with Crippen molar-refractivity contribution in [2.24, 2.45) is 4.99 Å². The molecule has 0 amide bonds. The van der Waals surface area contributed by atoms with Gasteiger partial charge >= 0.3 is 0 Å². The van der Waals surface area contributed by atoms with Gasteiger partial charge in [0.05, 0.1) is 11.0 Å². The lowest BCUT2D eigenvalue weighted by molar-refractivity contribution is -0.384. The zero-order valence-corrected chi connectivity index (χ0v) is 18.7. The Kier molecular flexibility index (Phi) is 7.44. The van der Waals surface area contributed by atoms with E-state index in [1.807, 2.05) is 18.2 Å². The third kappa shape index (κ3) is 5.14. The maximum Gasteiger partial charge on any atom is 0.270 e. The van der Waals surface area contributed by atoms with E-state index in [2.05, 4.69) is 74.7 Å². The Morgan fingerprint density at radius 1 is 0.938 bits per heavy atom. The number of nitro benzene ring substituents is 1. The van der Waals surface area contributed by atoms with E-state index in [-0.39, 0.29) is 16.7 Å². The van der Waals surface area contributed by atoms with E-state index < -0.39 is 7.92 Å². The van der Waals surface area contributed by atoms with Crippen LogP contribution in [-0.2, 0) is 0 Å². The largest absolute Gasteiger partial charge is 0.289 e. The third-order valence-electron chi connectivity index (χ3n) is 5.33. The lowest BCUT2D eigenvalue weighted by Crippen LogP contribution is -2.24. The predicted octanol–water partition coefficient (Wildman–Crippen LogP) is 5.66. The fraction of sp³-hybridized carbons (Fsp3) is 0.111. The highest BCUT2D eigenvalue weighted by Crippen LogP contribution is 2.57. The first kappa shape index (κ1) is 22.4. The Hall–Kier alpha value is -2.84. The van der Waals surface area contributed by atoms with Crippen LogP contribution in [0.3, 0.4) is 0 Å². The molecule has 1 saturated carbocycles. The number of rotatable bonds is 8. The van der Waals surface area contributed by atoms with Gasteiger partial charge in [0.2, 0.25) is 0 Å². The Balaban J connectivity index is 1.63. The number of aliphatic imine (C=N–C) groups is 1. The molecular formula is C27H24N2O2P. The Morgan fingerprint density at radius 2 is 1.59 bits per heavy atom. The molecule has 5 heteroatoms. The molecule has 3 aromatic carbocycles. The fourth-order valence-corrected chi connectivity index (χ4v) is 6.30. The van der Waals surface area contributed by atoms with E-state index in [1.165, 1.54) is 28.3 Å². The molecule has 0 aromatic heterocycles. The molecule has 5 radical (unpaired) electrons. The van der Waals surface area contributed by atoms with Crippen LogP contribution in [0.25, 0.3) is 0 Å². The Morgan fingerprint density at radius 3 is 2.19 bits per heavy atom. The second-order valence-electron chi connectivity index (χ2n) is 7.43. The van der Waals surface area contributed by atoms with Crippen LogP contribution in [0, 0.1) is 41.0 Å². The minimum atomic E-state index is -0.710. The van der Waals surface area contributed by atoms with Crippen molar-refractivity contribution in [3.8, 4) is 0 Å². The summed E-state index contributed by atoms with van der Waals surface area (Å²) in [7, 11) is -0.710. The normalized spacial score (nSPS) is 16.1. The molecule has 0 N–H and O–H groups in total. The first-order valence-corrected chi connectivity index (χ1v) is 11.9. The number of benzene rings is 3. The highest BCUT2D eigenvalue weighted by molar-refractivity contribution is 7.76. The van der Waals surface area contributed by atoms with Crippen LogP contribution in [0.1, 0.15) is 18.9 Å². The lowest BCUT2D eigenvalue weighted by Gasteiger charge is -2.31. The molecule has 1 fully saturated rings. The Bertz CT molecular complexity index is 1020. The van der Waals surface area contributed by atoms with Crippen molar-refractivity contribution in [1.82, 2.24) is 0 Å².